The van der Waals surface area contributed by atoms with Crippen LogP contribution in [0.1, 0.15) is 27.2 Å². The average Bonchev–Trinajstić information content (AvgIpc) is 2.66. The number of nitrogens with zero attached hydrogens (tertiary/aromatic N) is 2. The number of rotatable bonds is 3. The Bertz CT molecular complexity index is 218. The highest BCUT2D eigenvalue weighted by molar-refractivity contribution is 5.75. The highest BCUT2D eigenvalue weighted by atomic mass is 16.2. The van der Waals surface area contributed by atoms with Crippen LogP contribution in [0.4, 0.5) is 4.79 Å². The maximum atomic E-state index is 12.1. The molecule has 0 aromatic carbocycles. The molecule has 1 rings (SSSR count). The molecule has 15 heavy (non-hydrogen) atoms. The normalized spacial score (nSPS) is 21.1. The third-order valence-electron chi connectivity index (χ3n) is 3.10. The topological polar surface area (TPSA) is 49.6 Å². The second-order valence-corrected chi connectivity index (χ2v) is 4.50. The van der Waals surface area contributed by atoms with Gasteiger partial charge in [-0.1, -0.05) is 0 Å². The van der Waals surface area contributed by atoms with E-state index in [1.807, 2.05) is 16.7 Å². The number of urea groups is 1. The fraction of sp³-hybridized carbons (Fsp3) is 0.909. The van der Waals surface area contributed by atoms with Crippen LogP contribution < -0.4 is 5.73 Å². The number of carbonyl (C=O) groups excluding carboxylic acids is 1. The molecule has 1 atom stereocenters. The molecule has 4 heteroatoms. The Morgan fingerprint density at radius 1 is 1.60 bits per heavy atom. The molecule has 0 radical (unpaired) electrons. The second-order valence-electron chi connectivity index (χ2n) is 4.50. The molecule has 0 aromatic rings. The second kappa shape index (κ2) is 5.35. The van der Waals surface area contributed by atoms with E-state index in [0.29, 0.717) is 12.5 Å². The van der Waals surface area contributed by atoms with E-state index in [0.717, 1.165) is 26.1 Å². The predicted octanol–water partition coefficient (Wildman–Crippen LogP) is 1.12. The van der Waals surface area contributed by atoms with Crippen molar-refractivity contribution in [2.24, 2.45) is 11.7 Å². The summed E-state index contributed by atoms with van der Waals surface area (Å²) in [4.78, 5) is 15.9. The zero-order chi connectivity index (χ0) is 11.4. The highest BCUT2D eigenvalue weighted by Gasteiger charge is 2.28. The Morgan fingerprint density at radius 3 is 2.67 bits per heavy atom. The van der Waals surface area contributed by atoms with Crippen LogP contribution in [0, 0.1) is 5.92 Å². The summed E-state index contributed by atoms with van der Waals surface area (Å²) >= 11 is 0. The number of hydrogen-bond acceptors (Lipinski definition) is 2. The van der Waals surface area contributed by atoms with Gasteiger partial charge in [-0.25, -0.2) is 4.79 Å². The van der Waals surface area contributed by atoms with Crippen molar-refractivity contribution in [3.8, 4) is 0 Å². The standard InChI is InChI=1S/C11H23N3O/c1-4-14(9(2)3)11(15)13-6-5-10(7-12)8-13/h9-10H,4-8,12H2,1-3H3. The van der Waals surface area contributed by atoms with Gasteiger partial charge in [-0.3, -0.25) is 0 Å². The van der Waals surface area contributed by atoms with Gasteiger partial charge in [-0.15, -0.1) is 0 Å². The minimum Gasteiger partial charge on any atom is -0.330 e. The lowest BCUT2D eigenvalue weighted by molar-refractivity contribution is 0.151. The zero-order valence-electron chi connectivity index (χ0n) is 10.1. The lowest BCUT2D eigenvalue weighted by Gasteiger charge is -2.30. The van der Waals surface area contributed by atoms with Crippen molar-refractivity contribution < 1.29 is 4.79 Å². The van der Waals surface area contributed by atoms with Crippen molar-refractivity contribution in [3.63, 3.8) is 0 Å². The molecule has 1 heterocycles. The summed E-state index contributed by atoms with van der Waals surface area (Å²) in [5.41, 5.74) is 5.61. The molecule has 1 aliphatic heterocycles. The molecule has 0 bridgehead atoms. The van der Waals surface area contributed by atoms with E-state index in [4.69, 9.17) is 5.73 Å². The van der Waals surface area contributed by atoms with E-state index >= 15 is 0 Å². The third kappa shape index (κ3) is 2.84. The summed E-state index contributed by atoms with van der Waals surface area (Å²) in [5.74, 6) is 0.500. The van der Waals surface area contributed by atoms with Crippen LogP contribution in [-0.4, -0.2) is 48.1 Å². The summed E-state index contributed by atoms with van der Waals surface area (Å²) in [7, 11) is 0. The van der Waals surface area contributed by atoms with Crippen molar-refractivity contribution in [1.29, 1.82) is 0 Å². The van der Waals surface area contributed by atoms with Crippen LogP contribution in [0.25, 0.3) is 0 Å². The molecule has 0 aromatic heterocycles. The monoisotopic (exact) mass is 213 g/mol. The first kappa shape index (κ1) is 12.3. The molecule has 0 spiro atoms. The van der Waals surface area contributed by atoms with Crippen LogP contribution in [-0.2, 0) is 0 Å². The van der Waals surface area contributed by atoms with Crippen LogP contribution in [0.15, 0.2) is 0 Å². The van der Waals surface area contributed by atoms with E-state index < -0.39 is 0 Å². The summed E-state index contributed by atoms with van der Waals surface area (Å²) < 4.78 is 0. The van der Waals surface area contributed by atoms with Crippen molar-refractivity contribution in [1.82, 2.24) is 9.80 Å². The average molecular weight is 213 g/mol. The fourth-order valence-electron chi connectivity index (χ4n) is 2.10. The summed E-state index contributed by atoms with van der Waals surface area (Å²) in [6.07, 6.45) is 1.05. The highest BCUT2D eigenvalue weighted by Crippen LogP contribution is 2.17. The van der Waals surface area contributed by atoms with E-state index in [1.165, 1.54) is 0 Å². The van der Waals surface area contributed by atoms with Crippen molar-refractivity contribution in [2.45, 2.75) is 33.2 Å². The molecular weight excluding hydrogens is 190 g/mol. The van der Waals surface area contributed by atoms with E-state index in [-0.39, 0.29) is 12.1 Å². The molecule has 0 aliphatic carbocycles. The summed E-state index contributed by atoms with van der Waals surface area (Å²) in [6, 6.07) is 0.447. The molecule has 1 aliphatic rings. The van der Waals surface area contributed by atoms with Crippen molar-refractivity contribution in [3.05, 3.63) is 0 Å². The van der Waals surface area contributed by atoms with Gasteiger partial charge in [0, 0.05) is 25.7 Å². The van der Waals surface area contributed by atoms with Crippen LogP contribution >= 0.6 is 0 Å². The lowest BCUT2D eigenvalue weighted by Crippen LogP contribution is -2.45. The number of amides is 2. The smallest absolute Gasteiger partial charge is 0.320 e. The van der Waals surface area contributed by atoms with Gasteiger partial charge in [-0.05, 0) is 39.7 Å². The number of carbonyl (C=O) groups is 1. The largest absolute Gasteiger partial charge is 0.330 e. The Kier molecular flexibility index (Phi) is 4.39. The zero-order valence-corrected chi connectivity index (χ0v) is 10.1. The maximum absolute atomic E-state index is 12.1. The van der Waals surface area contributed by atoms with Crippen LogP contribution in [0.2, 0.25) is 0 Å². The summed E-state index contributed by atoms with van der Waals surface area (Å²) in [6.45, 7) is 9.30. The lowest BCUT2D eigenvalue weighted by atomic mass is 10.1. The number of hydrogen-bond donors (Lipinski definition) is 1. The van der Waals surface area contributed by atoms with Gasteiger partial charge in [0.2, 0.25) is 0 Å². The van der Waals surface area contributed by atoms with Gasteiger partial charge < -0.3 is 15.5 Å². The molecule has 4 nitrogen and oxygen atoms in total. The van der Waals surface area contributed by atoms with Gasteiger partial charge in [0.1, 0.15) is 0 Å². The number of nitrogens with two attached hydrogens (primary N) is 1. The van der Waals surface area contributed by atoms with E-state index in [1.54, 1.807) is 0 Å². The Labute approximate surface area is 92.4 Å². The van der Waals surface area contributed by atoms with E-state index in [2.05, 4.69) is 13.8 Å². The Hall–Kier alpha value is -0.770. The molecule has 1 fully saturated rings. The van der Waals surface area contributed by atoms with Gasteiger partial charge >= 0.3 is 6.03 Å². The minimum atomic E-state index is 0.170. The van der Waals surface area contributed by atoms with E-state index in [9.17, 15) is 4.79 Å². The van der Waals surface area contributed by atoms with Crippen LogP contribution in [0.3, 0.4) is 0 Å². The number of likely N-dealkylation sites (tertiary alicyclic amines) is 1. The van der Waals surface area contributed by atoms with Gasteiger partial charge in [0.05, 0.1) is 0 Å². The van der Waals surface area contributed by atoms with Crippen molar-refractivity contribution in [2.75, 3.05) is 26.2 Å². The Balaban J connectivity index is 2.53. The SMILES string of the molecule is CCN(C(=O)N1CCC(CN)C1)C(C)C. The maximum Gasteiger partial charge on any atom is 0.320 e. The first-order valence-electron chi connectivity index (χ1n) is 5.85. The molecule has 2 N–H and O–H groups in total. The first-order valence-corrected chi connectivity index (χ1v) is 5.85. The van der Waals surface area contributed by atoms with Gasteiger partial charge in [0.25, 0.3) is 0 Å². The predicted molar refractivity (Wildman–Crippen MR) is 61.6 cm³/mol. The molecule has 1 saturated heterocycles. The fourth-order valence-corrected chi connectivity index (χ4v) is 2.10. The molecule has 2 amide bonds. The van der Waals surface area contributed by atoms with Gasteiger partial charge in [-0.2, -0.15) is 0 Å². The quantitative estimate of drug-likeness (QED) is 0.763. The molecular formula is C11H23N3O. The minimum absolute atomic E-state index is 0.170. The Morgan fingerprint density at radius 2 is 2.27 bits per heavy atom. The molecule has 88 valence electrons. The molecule has 0 saturated carbocycles. The third-order valence-corrected chi connectivity index (χ3v) is 3.10. The van der Waals surface area contributed by atoms with Crippen molar-refractivity contribution >= 4 is 6.03 Å². The first-order chi connectivity index (χ1) is 7.10. The van der Waals surface area contributed by atoms with Gasteiger partial charge in [0.15, 0.2) is 0 Å². The molecule has 1 unspecified atom stereocenters. The summed E-state index contributed by atoms with van der Waals surface area (Å²) in [5, 5.41) is 0. The van der Waals surface area contributed by atoms with Crippen LogP contribution in [0.5, 0.6) is 0 Å².